The van der Waals surface area contributed by atoms with E-state index in [0.717, 1.165) is 18.8 Å². The summed E-state index contributed by atoms with van der Waals surface area (Å²) in [5.74, 6) is 1.25. The van der Waals surface area contributed by atoms with Crippen LogP contribution in [0.1, 0.15) is 20.3 Å². The van der Waals surface area contributed by atoms with Crippen molar-refractivity contribution < 1.29 is 4.92 Å². The van der Waals surface area contributed by atoms with Gasteiger partial charge in [-0.3, -0.25) is 10.1 Å². The van der Waals surface area contributed by atoms with E-state index in [9.17, 15) is 10.1 Å². The third kappa shape index (κ3) is 2.75. The fourth-order valence-electron chi connectivity index (χ4n) is 2.73. The maximum atomic E-state index is 10.7. The molecule has 0 amide bonds. The van der Waals surface area contributed by atoms with Crippen LogP contribution in [-0.4, -0.2) is 18.0 Å². The molecule has 2 atom stereocenters. The van der Waals surface area contributed by atoms with E-state index in [1.807, 2.05) is 0 Å². The third-order valence-corrected chi connectivity index (χ3v) is 3.65. The Morgan fingerprint density at radius 1 is 1.33 bits per heavy atom. The number of non-ortho nitro benzene ring substituents is 1. The van der Waals surface area contributed by atoms with Crippen molar-refractivity contribution in [3.63, 3.8) is 0 Å². The summed E-state index contributed by atoms with van der Waals surface area (Å²) in [6.07, 6.45) is 1.22. The number of piperidine rings is 1. The number of hydrogen-bond donors (Lipinski definition) is 0. The number of nitro groups is 1. The van der Waals surface area contributed by atoms with E-state index in [-0.39, 0.29) is 5.69 Å². The molecule has 1 aliphatic rings. The van der Waals surface area contributed by atoms with Crippen LogP contribution in [0.2, 0.25) is 5.02 Å². The van der Waals surface area contributed by atoms with Gasteiger partial charge in [-0.1, -0.05) is 25.4 Å². The Morgan fingerprint density at radius 2 is 1.94 bits per heavy atom. The molecule has 4 nitrogen and oxygen atoms in total. The summed E-state index contributed by atoms with van der Waals surface area (Å²) in [5, 5.41) is 11.1. The van der Waals surface area contributed by atoms with E-state index in [0.29, 0.717) is 16.9 Å². The molecule has 18 heavy (non-hydrogen) atoms. The molecule has 1 aromatic carbocycles. The normalized spacial score (nSPS) is 24.1. The largest absolute Gasteiger partial charge is 0.370 e. The zero-order chi connectivity index (χ0) is 13.3. The summed E-state index contributed by atoms with van der Waals surface area (Å²) in [6, 6.07) is 4.71. The molecule has 1 saturated heterocycles. The maximum Gasteiger partial charge on any atom is 0.271 e. The van der Waals surface area contributed by atoms with Crippen LogP contribution >= 0.6 is 11.6 Å². The molecule has 0 N–H and O–H groups in total. The molecule has 0 bridgehead atoms. The lowest BCUT2D eigenvalue weighted by atomic mass is 9.91. The van der Waals surface area contributed by atoms with Crippen molar-refractivity contribution in [2.75, 3.05) is 18.0 Å². The molecular formula is C13H17ClN2O2. The van der Waals surface area contributed by atoms with Crippen LogP contribution in [0.3, 0.4) is 0 Å². The Balaban J connectivity index is 2.25. The van der Waals surface area contributed by atoms with Crippen LogP contribution in [0, 0.1) is 22.0 Å². The van der Waals surface area contributed by atoms with E-state index in [1.54, 1.807) is 6.07 Å². The molecule has 1 heterocycles. The Hall–Kier alpha value is -1.29. The number of benzene rings is 1. The number of nitrogens with zero attached hydrogens (tertiary/aromatic N) is 2. The molecule has 98 valence electrons. The summed E-state index contributed by atoms with van der Waals surface area (Å²) in [5.41, 5.74) is 0.947. The lowest BCUT2D eigenvalue weighted by Crippen LogP contribution is -2.38. The van der Waals surface area contributed by atoms with Crippen LogP contribution in [0.25, 0.3) is 0 Å². The second kappa shape index (κ2) is 5.14. The Morgan fingerprint density at radius 3 is 2.44 bits per heavy atom. The molecule has 0 aromatic heterocycles. The zero-order valence-electron chi connectivity index (χ0n) is 10.6. The molecular weight excluding hydrogens is 252 g/mol. The quantitative estimate of drug-likeness (QED) is 0.606. The van der Waals surface area contributed by atoms with Gasteiger partial charge in [0, 0.05) is 25.2 Å². The molecule has 1 aromatic rings. The standard InChI is InChI=1S/C13H17ClN2O2/c1-9-5-10(2)8-15(7-9)13-4-3-11(16(17)18)6-12(13)14/h3-4,6,9-10H,5,7-8H2,1-2H3. The van der Waals surface area contributed by atoms with Crippen molar-refractivity contribution in [3.8, 4) is 0 Å². The summed E-state index contributed by atoms with van der Waals surface area (Å²) < 4.78 is 0. The van der Waals surface area contributed by atoms with Gasteiger partial charge in [0.15, 0.2) is 0 Å². The van der Waals surface area contributed by atoms with Crippen molar-refractivity contribution in [1.82, 2.24) is 0 Å². The minimum Gasteiger partial charge on any atom is -0.370 e. The van der Waals surface area contributed by atoms with E-state index < -0.39 is 4.92 Å². The number of anilines is 1. The number of rotatable bonds is 2. The monoisotopic (exact) mass is 268 g/mol. The minimum atomic E-state index is -0.420. The molecule has 0 aliphatic carbocycles. The first-order valence-corrected chi connectivity index (χ1v) is 6.54. The molecule has 5 heteroatoms. The lowest BCUT2D eigenvalue weighted by Gasteiger charge is -2.37. The first-order valence-electron chi connectivity index (χ1n) is 6.16. The number of halogens is 1. The fourth-order valence-corrected chi connectivity index (χ4v) is 3.02. The van der Waals surface area contributed by atoms with Crippen LogP contribution in [0.5, 0.6) is 0 Å². The van der Waals surface area contributed by atoms with Crippen molar-refractivity contribution in [3.05, 3.63) is 33.3 Å². The van der Waals surface area contributed by atoms with Crippen molar-refractivity contribution in [2.24, 2.45) is 11.8 Å². The smallest absolute Gasteiger partial charge is 0.271 e. The van der Waals surface area contributed by atoms with Crippen LogP contribution in [0.4, 0.5) is 11.4 Å². The molecule has 0 radical (unpaired) electrons. The third-order valence-electron chi connectivity index (χ3n) is 3.35. The van der Waals surface area contributed by atoms with Gasteiger partial charge in [-0.25, -0.2) is 0 Å². The summed E-state index contributed by atoms with van der Waals surface area (Å²) >= 11 is 6.16. The molecule has 2 rings (SSSR count). The fraction of sp³-hybridized carbons (Fsp3) is 0.538. The number of nitro benzene ring substituents is 1. The predicted octanol–water partition coefficient (Wildman–Crippen LogP) is 3.73. The summed E-state index contributed by atoms with van der Waals surface area (Å²) in [7, 11) is 0. The van der Waals surface area contributed by atoms with Crippen LogP contribution < -0.4 is 4.90 Å². The Kier molecular flexibility index (Phi) is 3.76. The Bertz CT molecular complexity index is 454. The van der Waals surface area contributed by atoms with Gasteiger partial charge in [-0.05, 0) is 24.3 Å². The second-order valence-corrected chi connectivity index (χ2v) is 5.65. The van der Waals surface area contributed by atoms with Crippen LogP contribution in [-0.2, 0) is 0 Å². The molecule has 1 aliphatic heterocycles. The topological polar surface area (TPSA) is 46.4 Å². The highest BCUT2D eigenvalue weighted by atomic mass is 35.5. The van der Waals surface area contributed by atoms with Gasteiger partial charge in [-0.15, -0.1) is 0 Å². The molecule has 0 saturated carbocycles. The van der Waals surface area contributed by atoms with Gasteiger partial charge in [0.1, 0.15) is 0 Å². The predicted molar refractivity (Wildman–Crippen MR) is 73.3 cm³/mol. The van der Waals surface area contributed by atoms with Gasteiger partial charge in [-0.2, -0.15) is 0 Å². The van der Waals surface area contributed by atoms with Crippen molar-refractivity contribution >= 4 is 23.0 Å². The minimum absolute atomic E-state index is 0.0434. The number of hydrogen-bond acceptors (Lipinski definition) is 3. The summed E-state index contributed by atoms with van der Waals surface area (Å²) in [4.78, 5) is 12.5. The molecule has 0 spiro atoms. The van der Waals surface area contributed by atoms with Crippen molar-refractivity contribution in [1.29, 1.82) is 0 Å². The van der Waals surface area contributed by atoms with E-state index >= 15 is 0 Å². The van der Waals surface area contributed by atoms with Gasteiger partial charge in [0.05, 0.1) is 15.6 Å². The van der Waals surface area contributed by atoms with E-state index in [2.05, 4.69) is 18.7 Å². The summed E-state index contributed by atoms with van der Waals surface area (Å²) in [6.45, 7) is 6.37. The average molecular weight is 269 g/mol. The van der Waals surface area contributed by atoms with E-state index in [4.69, 9.17) is 11.6 Å². The Labute approximate surface area is 112 Å². The second-order valence-electron chi connectivity index (χ2n) is 5.24. The maximum absolute atomic E-state index is 10.7. The highest BCUT2D eigenvalue weighted by molar-refractivity contribution is 6.33. The SMILES string of the molecule is CC1CC(C)CN(c2ccc([N+](=O)[O-])cc2Cl)C1. The first kappa shape index (κ1) is 13.1. The average Bonchev–Trinajstić information content (AvgIpc) is 2.27. The van der Waals surface area contributed by atoms with Crippen LogP contribution in [0.15, 0.2) is 18.2 Å². The molecule has 1 fully saturated rings. The first-order chi connectivity index (χ1) is 8.47. The molecule has 2 unspecified atom stereocenters. The highest BCUT2D eigenvalue weighted by Gasteiger charge is 2.24. The zero-order valence-corrected chi connectivity index (χ0v) is 11.4. The van der Waals surface area contributed by atoms with Crippen molar-refractivity contribution in [2.45, 2.75) is 20.3 Å². The van der Waals surface area contributed by atoms with Gasteiger partial charge in [0.2, 0.25) is 0 Å². The van der Waals surface area contributed by atoms with E-state index in [1.165, 1.54) is 18.6 Å². The lowest BCUT2D eigenvalue weighted by molar-refractivity contribution is -0.384. The van der Waals surface area contributed by atoms with Gasteiger partial charge < -0.3 is 4.90 Å². The van der Waals surface area contributed by atoms with Gasteiger partial charge in [0.25, 0.3) is 5.69 Å². The van der Waals surface area contributed by atoms with Gasteiger partial charge >= 0.3 is 0 Å². The highest BCUT2D eigenvalue weighted by Crippen LogP contribution is 2.33.